The van der Waals surface area contributed by atoms with E-state index < -0.39 is 0 Å². The molecule has 154 valence electrons. The average Bonchev–Trinajstić information content (AvgIpc) is 3.49. The molecule has 1 atom stereocenters. The maximum Gasteiger partial charge on any atom is 0.330 e. The highest BCUT2D eigenvalue weighted by atomic mass is 32.2. The van der Waals surface area contributed by atoms with E-state index in [2.05, 4.69) is 5.32 Å². The van der Waals surface area contributed by atoms with Gasteiger partial charge in [0.15, 0.2) is 5.78 Å². The Labute approximate surface area is 178 Å². The van der Waals surface area contributed by atoms with Crippen molar-refractivity contribution in [2.45, 2.75) is 24.9 Å². The highest BCUT2D eigenvalue weighted by Gasteiger charge is 2.33. The summed E-state index contributed by atoms with van der Waals surface area (Å²) in [5, 5.41) is 3.41. The molecule has 9 heteroatoms. The smallest absolute Gasteiger partial charge is 0.330 e. The Morgan fingerprint density at radius 1 is 1.28 bits per heavy atom. The number of benzene rings is 1. The summed E-state index contributed by atoms with van der Waals surface area (Å²) < 4.78 is 9.03. The Balaban J connectivity index is 1.50. The number of nitrogens with one attached hydrogen (secondary N) is 1. The van der Waals surface area contributed by atoms with Crippen LogP contribution in [0.1, 0.15) is 23.2 Å². The number of methoxy groups -OCH3 is 1. The lowest BCUT2D eigenvalue weighted by atomic mass is 10.1. The van der Waals surface area contributed by atoms with E-state index in [1.54, 1.807) is 47.6 Å². The second kappa shape index (κ2) is 7.87. The Hall–Kier alpha value is -2.26. The monoisotopic (exact) mass is 432 g/mol. The molecule has 29 heavy (non-hydrogen) atoms. The first-order valence-electron chi connectivity index (χ1n) is 9.52. The van der Waals surface area contributed by atoms with Crippen molar-refractivity contribution in [2.24, 2.45) is 13.0 Å². The molecule has 7 nitrogen and oxygen atoms in total. The normalized spacial score (nSPS) is 17.8. The van der Waals surface area contributed by atoms with Gasteiger partial charge in [-0.3, -0.25) is 13.9 Å². The predicted molar refractivity (Wildman–Crippen MR) is 119 cm³/mol. The third-order valence-corrected chi connectivity index (χ3v) is 7.00. The molecule has 4 rings (SSSR count). The number of aromatic nitrogens is 2. The van der Waals surface area contributed by atoms with Crippen LogP contribution in [0, 0.1) is 10.6 Å². The number of thioether (sulfide) groups is 1. The predicted octanol–water partition coefficient (Wildman–Crippen LogP) is 3.10. The summed E-state index contributed by atoms with van der Waals surface area (Å²) >= 11 is 7.11. The lowest BCUT2D eigenvalue weighted by molar-refractivity contribution is 0.102. The molecule has 0 spiro atoms. The fourth-order valence-corrected chi connectivity index (χ4v) is 4.82. The topological polar surface area (TPSA) is 68.5 Å². The van der Waals surface area contributed by atoms with Gasteiger partial charge < -0.3 is 15.0 Å². The number of Topliss-reactive ketones (excluding diaryl/α,β-unsaturated/α-hetero) is 1. The van der Waals surface area contributed by atoms with E-state index in [0.29, 0.717) is 28.4 Å². The van der Waals surface area contributed by atoms with Crippen molar-refractivity contribution in [1.29, 1.82) is 0 Å². The molecule has 1 unspecified atom stereocenters. The van der Waals surface area contributed by atoms with Crippen LogP contribution >= 0.6 is 24.0 Å². The molecule has 2 aliphatic rings. The van der Waals surface area contributed by atoms with Gasteiger partial charge >= 0.3 is 5.69 Å². The van der Waals surface area contributed by atoms with Gasteiger partial charge in [-0.2, -0.15) is 0 Å². The molecule has 0 radical (unpaired) electrons. The van der Waals surface area contributed by atoms with Crippen LogP contribution in [0.25, 0.3) is 0 Å². The summed E-state index contributed by atoms with van der Waals surface area (Å²) in [6.07, 6.45) is 2.31. The zero-order valence-electron chi connectivity index (χ0n) is 16.7. The van der Waals surface area contributed by atoms with Crippen molar-refractivity contribution in [1.82, 2.24) is 9.13 Å². The van der Waals surface area contributed by atoms with Gasteiger partial charge in [0, 0.05) is 26.2 Å². The standard InChI is InChI=1S/C20H24N4O3S2/c1-22-17-16(18(28)24(10-12-4-5-12)20(26)23(17)2)21-19(22)29-11-15(25)13-6-8-14(27-3)9-7-13/h6-9,12,19,21H,4-5,10-11H2,1-3H3. The zero-order valence-corrected chi connectivity index (χ0v) is 18.3. The second-order valence-corrected chi connectivity index (χ2v) is 8.92. The lowest BCUT2D eigenvalue weighted by Crippen LogP contribution is -2.34. The Morgan fingerprint density at radius 2 is 1.97 bits per heavy atom. The molecule has 0 amide bonds. The molecule has 1 aliphatic carbocycles. The van der Waals surface area contributed by atoms with Gasteiger partial charge in [-0.25, -0.2) is 4.79 Å². The number of ketones is 1. The first-order chi connectivity index (χ1) is 13.9. The molecule has 1 aromatic carbocycles. The lowest BCUT2D eigenvalue weighted by Gasteiger charge is -2.22. The molecule has 2 aromatic rings. The second-order valence-electron chi connectivity index (χ2n) is 7.47. The Bertz CT molecular complexity index is 1060. The first-order valence-corrected chi connectivity index (χ1v) is 11.0. The van der Waals surface area contributed by atoms with Crippen molar-refractivity contribution in [3.8, 4) is 5.75 Å². The van der Waals surface area contributed by atoms with Gasteiger partial charge in [-0.15, -0.1) is 11.8 Å². The summed E-state index contributed by atoms with van der Waals surface area (Å²) in [5.41, 5.74) is 1.18. The summed E-state index contributed by atoms with van der Waals surface area (Å²) in [6.45, 7) is 0.679. The minimum Gasteiger partial charge on any atom is -0.497 e. The third kappa shape index (κ3) is 3.81. The molecular formula is C20H24N4O3S2. The zero-order chi connectivity index (χ0) is 20.7. The molecule has 2 heterocycles. The van der Waals surface area contributed by atoms with Gasteiger partial charge in [0.2, 0.25) is 0 Å². The molecule has 1 aliphatic heterocycles. The van der Waals surface area contributed by atoms with Crippen LogP contribution < -0.4 is 20.6 Å². The van der Waals surface area contributed by atoms with E-state index in [1.807, 2.05) is 11.9 Å². The van der Waals surface area contributed by atoms with E-state index in [1.165, 1.54) is 11.8 Å². The Kier molecular flexibility index (Phi) is 5.44. The van der Waals surface area contributed by atoms with Crippen LogP contribution in [0.5, 0.6) is 5.75 Å². The summed E-state index contributed by atoms with van der Waals surface area (Å²) in [6, 6.07) is 7.11. The number of ether oxygens (including phenoxy) is 1. The molecule has 1 saturated carbocycles. The van der Waals surface area contributed by atoms with E-state index in [4.69, 9.17) is 17.0 Å². The number of rotatable bonds is 7. The molecule has 0 saturated heterocycles. The minimum absolute atomic E-state index is 0.0418. The van der Waals surface area contributed by atoms with Crippen LogP contribution in [-0.2, 0) is 13.6 Å². The number of hydrogen-bond donors (Lipinski definition) is 1. The number of nitrogens with zero attached hydrogens (tertiary/aromatic N) is 3. The van der Waals surface area contributed by atoms with E-state index >= 15 is 0 Å². The van der Waals surface area contributed by atoms with Gasteiger partial charge in [0.25, 0.3) is 0 Å². The first kappa shape index (κ1) is 20.0. The maximum absolute atomic E-state index is 12.8. The molecule has 1 aromatic heterocycles. The van der Waals surface area contributed by atoms with E-state index in [9.17, 15) is 9.59 Å². The van der Waals surface area contributed by atoms with Crippen molar-refractivity contribution < 1.29 is 9.53 Å². The summed E-state index contributed by atoms with van der Waals surface area (Å²) in [7, 11) is 5.28. The van der Waals surface area contributed by atoms with Crippen LogP contribution in [0.3, 0.4) is 0 Å². The van der Waals surface area contributed by atoms with Gasteiger partial charge in [0.05, 0.1) is 12.9 Å². The summed E-state index contributed by atoms with van der Waals surface area (Å²) in [4.78, 5) is 27.3. The quantitative estimate of drug-likeness (QED) is 0.533. The van der Waals surface area contributed by atoms with Gasteiger partial charge in [-0.1, -0.05) is 12.2 Å². The summed E-state index contributed by atoms with van der Waals surface area (Å²) in [5.74, 6) is 2.39. The van der Waals surface area contributed by atoms with Crippen LogP contribution in [0.15, 0.2) is 29.1 Å². The molecule has 1 fully saturated rings. The number of anilines is 2. The van der Waals surface area contributed by atoms with Crippen molar-refractivity contribution in [3.05, 3.63) is 45.0 Å². The number of carbonyl (C=O) groups excluding carboxylic acids is 1. The largest absolute Gasteiger partial charge is 0.497 e. The molecular weight excluding hydrogens is 408 g/mol. The number of fused-ring (bicyclic) bond motifs is 1. The third-order valence-electron chi connectivity index (χ3n) is 5.39. The van der Waals surface area contributed by atoms with Crippen LogP contribution in [0.2, 0.25) is 0 Å². The number of carbonyl (C=O) groups is 1. The Morgan fingerprint density at radius 3 is 2.59 bits per heavy atom. The van der Waals surface area contributed by atoms with Crippen molar-refractivity contribution in [2.75, 3.05) is 30.1 Å². The van der Waals surface area contributed by atoms with E-state index in [-0.39, 0.29) is 17.0 Å². The van der Waals surface area contributed by atoms with Crippen molar-refractivity contribution in [3.63, 3.8) is 0 Å². The molecule has 0 bridgehead atoms. The highest BCUT2D eigenvalue weighted by Crippen LogP contribution is 2.38. The van der Waals surface area contributed by atoms with Crippen LogP contribution in [0.4, 0.5) is 11.5 Å². The fourth-order valence-electron chi connectivity index (χ4n) is 3.52. The average molecular weight is 433 g/mol. The van der Waals surface area contributed by atoms with Gasteiger partial charge in [0.1, 0.15) is 27.4 Å². The van der Waals surface area contributed by atoms with Crippen molar-refractivity contribution >= 4 is 41.3 Å². The van der Waals surface area contributed by atoms with Crippen LogP contribution in [-0.4, -0.2) is 40.3 Å². The fraction of sp³-hybridized carbons (Fsp3) is 0.450. The highest BCUT2D eigenvalue weighted by molar-refractivity contribution is 8.00. The minimum atomic E-state index is -0.170. The SMILES string of the molecule is COc1ccc(C(=O)CSC2Nc3c(n(C)c(=O)n(CC4CC4)c3=S)N2C)cc1. The molecule has 1 N–H and O–H groups in total. The van der Waals surface area contributed by atoms with Gasteiger partial charge in [-0.05, 0) is 43.0 Å². The maximum atomic E-state index is 12.8. The number of hydrogen-bond acceptors (Lipinski definition) is 7. The van der Waals surface area contributed by atoms with E-state index in [0.717, 1.165) is 30.1 Å².